The Morgan fingerprint density at radius 1 is 1.62 bits per heavy atom. The summed E-state index contributed by atoms with van der Waals surface area (Å²) in [7, 11) is 0. The van der Waals surface area contributed by atoms with Gasteiger partial charge in [-0.25, -0.2) is 0 Å². The van der Waals surface area contributed by atoms with Gasteiger partial charge in [0, 0.05) is 30.1 Å². The molecule has 0 aromatic rings. The monoisotopic (exact) mass is 243 g/mol. The van der Waals surface area contributed by atoms with Crippen LogP contribution in [-0.4, -0.2) is 46.1 Å². The Balaban J connectivity index is 2.00. The van der Waals surface area contributed by atoms with E-state index in [1.165, 1.54) is 12.8 Å². The molecule has 1 aliphatic heterocycles. The minimum Gasteiger partial charge on any atom is -0.481 e. The van der Waals surface area contributed by atoms with Gasteiger partial charge >= 0.3 is 5.97 Å². The molecule has 2 rings (SSSR count). The van der Waals surface area contributed by atoms with E-state index in [1.807, 2.05) is 11.8 Å². The van der Waals surface area contributed by atoms with E-state index in [2.05, 4.69) is 18.7 Å². The number of hydrogen-bond donors (Lipinski definition) is 1. The van der Waals surface area contributed by atoms with Gasteiger partial charge in [-0.2, -0.15) is 11.8 Å². The van der Waals surface area contributed by atoms with E-state index in [0.717, 1.165) is 18.1 Å². The van der Waals surface area contributed by atoms with E-state index in [0.29, 0.717) is 17.9 Å². The molecule has 1 saturated heterocycles. The van der Waals surface area contributed by atoms with Crippen LogP contribution < -0.4 is 0 Å². The van der Waals surface area contributed by atoms with Crippen LogP contribution in [0.3, 0.4) is 0 Å². The van der Waals surface area contributed by atoms with Crippen LogP contribution in [-0.2, 0) is 4.79 Å². The average molecular weight is 243 g/mol. The summed E-state index contributed by atoms with van der Waals surface area (Å²) in [6, 6.07) is 0.779. The lowest BCUT2D eigenvalue weighted by Crippen LogP contribution is -2.50. The number of aliphatic carboxylic acids is 1. The third-order valence-corrected chi connectivity index (χ3v) is 5.32. The van der Waals surface area contributed by atoms with Crippen LogP contribution in [0.1, 0.15) is 33.1 Å². The van der Waals surface area contributed by atoms with Gasteiger partial charge in [-0.15, -0.1) is 0 Å². The van der Waals surface area contributed by atoms with Gasteiger partial charge in [0.15, 0.2) is 0 Å². The van der Waals surface area contributed by atoms with Crippen LogP contribution in [0.25, 0.3) is 0 Å². The van der Waals surface area contributed by atoms with Crippen LogP contribution in [0.2, 0.25) is 0 Å². The number of hydrogen-bond acceptors (Lipinski definition) is 3. The van der Waals surface area contributed by atoms with E-state index in [1.54, 1.807) is 0 Å². The Bertz CT molecular complexity index is 278. The minimum atomic E-state index is -0.661. The molecule has 0 bridgehead atoms. The average Bonchev–Trinajstić information content (AvgIpc) is 2.97. The Morgan fingerprint density at radius 3 is 2.88 bits per heavy atom. The lowest BCUT2D eigenvalue weighted by molar-refractivity contribution is -0.138. The zero-order chi connectivity index (χ0) is 11.8. The van der Waals surface area contributed by atoms with E-state index in [9.17, 15) is 4.79 Å². The van der Waals surface area contributed by atoms with Crippen molar-refractivity contribution < 1.29 is 9.90 Å². The summed E-state index contributed by atoms with van der Waals surface area (Å²) in [6.07, 6.45) is 2.91. The smallest absolute Gasteiger partial charge is 0.304 e. The van der Waals surface area contributed by atoms with Gasteiger partial charge in [0.05, 0.1) is 6.42 Å². The Labute approximate surface area is 102 Å². The van der Waals surface area contributed by atoms with E-state index in [-0.39, 0.29) is 6.04 Å². The second-order valence-electron chi connectivity index (χ2n) is 5.39. The largest absolute Gasteiger partial charge is 0.481 e. The molecule has 4 heteroatoms. The van der Waals surface area contributed by atoms with Crippen molar-refractivity contribution in [3.63, 3.8) is 0 Å². The first kappa shape index (κ1) is 12.2. The second kappa shape index (κ2) is 4.57. The normalized spacial score (nSPS) is 31.0. The molecule has 0 aromatic heterocycles. The Kier molecular flexibility index (Phi) is 3.50. The molecule has 2 aliphatic rings. The van der Waals surface area contributed by atoms with Crippen molar-refractivity contribution in [2.75, 3.05) is 18.1 Å². The van der Waals surface area contributed by atoms with Gasteiger partial charge in [0.1, 0.15) is 0 Å². The van der Waals surface area contributed by atoms with Gasteiger partial charge in [-0.1, -0.05) is 6.92 Å². The lowest BCUT2D eigenvalue weighted by atomic mass is 9.97. The van der Waals surface area contributed by atoms with Crippen molar-refractivity contribution in [1.29, 1.82) is 0 Å². The molecule has 1 saturated carbocycles. The molecule has 1 heterocycles. The number of carboxylic acid groups (broad SMARTS) is 1. The quantitative estimate of drug-likeness (QED) is 0.820. The third-order valence-electron chi connectivity index (χ3n) is 4.23. The molecular weight excluding hydrogens is 222 g/mol. The van der Waals surface area contributed by atoms with Crippen LogP contribution >= 0.6 is 11.8 Å². The molecule has 2 atom stereocenters. The third kappa shape index (κ3) is 2.54. The summed E-state index contributed by atoms with van der Waals surface area (Å²) in [4.78, 5) is 13.3. The van der Waals surface area contributed by atoms with Crippen LogP contribution in [0.5, 0.6) is 0 Å². The number of carbonyl (C=O) groups is 1. The maximum Gasteiger partial charge on any atom is 0.304 e. The van der Waals surface area contributed by atoms with Crippen molar-refractivity contribution in [3.8, 4) is 0 Å². The molecule has 0 amide bonds. The first-order valence-corrected chi connectivity index (χ1v) is 7.24. The predicted molar refractivity (Wildman–Crippen MR) is 66.9 cm³/mol. The highest BCUT2D eigenvalue weighted by Crippen LogP contribution is 2.50. The molecule has 3 nitrogen and oxygen atoms in total. The molecular formula is C12H21NO2S. The molecule has 92 valence electrons. The van der Waals surface area contributed by atoms with Gasteiger partial charge in [0.2, 0.25) is 0 Å². The number of carboxylic acids is 1. The maximum atomic E-state index is 10.9. The van der Waals surface area contributed by atoms with Crippen LogP contribution in [0, 0.1) is 5.41 Å². The molecule has 2 unspecified atom stereocenters. The highest BCUT2D eigenvalue weighted by atomic mass is 32.2. The standard InChI is InChI=1S/C12H21NO2S/c1-9(12(2)3-4-12)13-5-6-16-8-10(13)7-11(14)15/h9-10H,3-8H2,1-2H3,(H,14,15). The fraction of sp³-hybridized carbons (Fsp3) is 0.917. The van der Waals surface area contributed by atoms with Crippen molar-refractivity contribution in [1.82, 2.24) is 4.90 Å². The summed E-state index contributed by atoms with van der Waals surface area (Å²) < 4.78 is 0. The summed E-state index contributed by atoms with van der Waals surface area (Å²) in [5.74, 6) is 1.47. The van der Waals surface area contributed by atoms with E-state index >= 15 is 0 Å². The first-order valence-electron chi connectivity index (χ1n) is 6.08. The SMILES string of the molecule is CC(N1CCSCC1CC(=O)O)C1(C)CC1. The molecule has 1 N–H and O–H groups in total. The molecule has 1 aliphatic carbocycles. The summed E-state index contributed by atoms with van der Waals surface area (Å²) in [5.41, 5.74) is 0.457. The van der Waals surface area contributed by atoms with Crippen molar-refractivity contribution in [2.45, 2.75) is 45.2 Å². The molecule has 0 spiro atoms. The molecule has 0 aromatic carbocycles. The zero-order valence-electron chi connectivity index (χ0n) is 10.1. The highest BCUT2D eigenvalue weighted by Gasteiger charge is 2.46. The predicted octanol–water partition coefficient (Wildman–Crippen LogP) is 2.07. The van der Waals surface area contributed by atoms with Crippen molar-refractivity contribution in [3.05, 3.63) is 0 Å². The summed E-state index contributed by atoms with van der Waals surface area (Å²) >= 11 is 1.89. The number of thioether (sulfide) groups is 1. The van der Waals surface area contributed by atoms with Crippen molar-refractivity contribution >= 4 is 17.7 Å². The lowest BCUT2D eigenvalue weighted by Gasteiger charge is -2.41. The molecule has 2 fully saturated rings. The maximum absolute atomic E-state index is 10.9. The Hall–Kier alpha value is -0.220. The van der Waals surface area contributed by atoms with E-state index < -0.39 is 5.97 Å². The minimum absolute atomic E-state index is 0.240. The first-order chi connectivity index (χ1) is 7.53. The summed E-state index contributed by atoms with van der Waals surface area (Å²) in [6.45, 7) is 5.66. The zero-order valence-corrected chi connectivity index (χ0v) is 10.9. The number of nitrogens with zero attached hydrogens (tertiary/aromatic N) is 1. The van der Waals surface area contributed by atoms with Gasteiger partial charge in [-0.3, -0.25) is 9.69 Å². The number of rotatable bonds is 4. The van der Waals surface area contributed by atoms with E-state index in [4.69, 9.17) is 5.11 Å². The van der Waals surface area contributed by atoms with Crippen molar-refractivity contribution in [2.24, 2.45) is 5.41 Å². The van der Waals surface area contributed by atoms with Crippen LogP contribution in [0.4, 0.5) is 0 Å². The fourth-order valence-corrected chi connectivity index (χ4v) is 3.66. The van der Waals surface area contributed by atoms with Gasteiger partial charge in [-0.05, 0) is 25.2 Å². The molecule has 16 heavy (non-hydrogen) atoms. The van der Waals surface area contributed by atoms with Gasteiger partial charge in [0.25, 0.3) is 0 Å². The van der Waals surface area contributed by atoms with Crippen LogP contribution in [0.15, 0.2) is 0 Å². The fourth-order valence-electron chi connectivity index (χ4n) is 2.57. The Morgan fingerprint density at radius 2 is 2.31 bits per heavy atom. The molecule has 0 radical (unpaired) electrons. The summed E-state index contributed by atoms with van der Waals surface area (Å²) in [5, 5.41) is 8.95. The van der Waals surface area contributed by atoms with Gasteiger partial charge < -0.3 is 5.11 Å². The second-order valence-corrected chi connectivity index (χ2v) is 6.54. The highest BCUT2D eigenvalue weighted by molar-refractivity contribution is 7.99. The topological polar surface area (TPSA) is 40.5 Å².